The number of benzene rings is 2. The summed E-state index contributed by atoms with van der Waals surface area (Å²) in [5, 5.41) is 15.7. The lowest BCUT2D eigenvalue weighted by atomic mass is 9.75. The Kier molecular flexibility index (Phi) is 11.9. The summed E-state index contributed by atoms with van der Waals surface area (Å²) in [6.45, 7) is 9.81. The van der Waals surface area contributed by atoms with Gasteiger partial charge in [0.1, 0.15) is 0 Å². The predicted octanol–water partition coefficient (Wildman–Crippen LogP) is 5.23. The Bertz CT molecular complexity index is 1390. The number of amides is 2. The number of nitrogens with zero attached hydrogens (tertiary/aromatic N) is 1. The molecule has 0 aromatic heterocycles. The van der Waals surface area contributed by atoms with E-state index in [1.807, 2.05) is 69.3 Å². The second kappa shape index (κ2) is 15.9. The molecule has 2 saturated heterocycles. The number of aliphatic hydroxyl groups is 1. The highest BCUT2D eigenvalue weighted by atomic mass is 16.7. The fourth-order valence-electron chi connectivity index (χ4n) is 7.42. The van der Waals surface area contributed by atoms with Gasteiger partial charge in [0.25, 0.3) is 5.91 Å². The third-order valence-corrected chi connectivity index (χ3v) is 9.77. The SMILES string of the molecule is CC(=O)OC(C)C(=O)NCc1ccc(C2OC(CN3C(C(=O)NC(C)(C)C)CCC4CCCCC43)CC(c3ccc(CO)cc3)O2)cc1. The van der Waals surface area contributed by atoms with Crippen molar-refractivity contribution in [1.29, 1.82) is 0 Å². The largest absolute Gasteiger partial charge is 0.453 e. The number of rotatable bonds is 10. The van der Waals surface area contributed by atoms with Crippen LogP contribution in [0, 0.1) is 5.92 Å². The van der Waals surface area contributed by atoms with Crippen LogP contribution in [0.1, 0.15) is 114 Å². The number of hydrogen-bond donors (Lipinski definition) is 3. The van der Waals surface area contributed by atoms with Crippen LogP contribution in [0.4, 0.5) is 0 Å². The molecule has 2 aromatic carbocycles. The van der Waals surface area contributed by atoms with E-state index in [1.165, 1.54) is 26.2 Å². The molecular formula is C38H53N3O7. The van der Waals surface area contributed by atoms with Crippen LogP contribution in [0.3, 0.4) is 0 Å². The van der Waals surface area contributed by atoms with E-state index in [0.29, 0.717) is 24.9 Å². The molecule has 0 spiro atoms. The summed E-state index contributed by atoms with van der Waals surface area (Å²) in [6.07, 6.45) is 5.38. The van der Waals surface area contributed by atoms with Crippen LogP contribution in [0.2, 0.25) is 0 Å². The Labute approximate surface area is 284 Å². The second-order valence-electron chi connectivity index (χ2n) is 14.7. The van der Waals surface area contributed by atoms with Gasteiger partial charge in [0.05, 0.1) is 24.9 Å². The maximum Gasteiger partial charge on any atom is 0.303 e. The Morgan fingerprint density at radius 2 is 1.60 bits per heavy atom. The van der Waals surface area contributed by atoms with Gasteiger partial charge >= 0.3 is 5.97 Å². The third-order valence-electron chi connectivity index (χ3n) is 9.77. The number of hydrogen-bond acceptors (Lipinski definition) is 8. The monoisotopic (exact) mass is 663 g/mol. The summed E-state index contributed by atoms with van der Waals surface area (Å²) in [7, 11) is 0. The number of carbonyl (C=O) groups is 3. The number of nitrogens with one attached hydrogen (secondary N) is 2. The quantitative estimate of drug-likeness (QED) is 0.295. The maximum atomic E-state index is 13.7. The van der Waals surface area contributed by atoms with Crippen LogP contribution >= 0.6 is 0 Å². The smallest absolute Gasteiger partial charge is 0.303 e. The van der Waals surface area contributed by atoms with Crippen molar-refractivity contribution < 1.29 is 33.7 Å². The molecule has 10 nitrogen and oxygen atoms in total. The van der Waals surface area contributed by atoms with Gasteiger partial charge in [-0.15, -0.1) is 0 Å². The molecule has 2 aromatic rings. The summed E-state index contributed by atoms with van der Waals surface area (Å²) in [4.78, 5) is 39.7. The Morgan fingerprint density at radius 1 is 0.938 bits per heavy atom. The number of esters is 1. The van der Waals surface area contributed by atoms with Crippen molar-refractivity contribution in [3.05, 3.63) is 70.8 Å². The van der Waals surface area contributed by atoms with Crippen LogP contribution in [0.25, 0.3) is 0 Å². The first-order valence-electron chi connectivity index (χ1n) is 17.5. The molecule has 48 heavy (non-hydrogen) atoms. The van der Waals surface area contributed by atoms with Crippen LogP contribution < -0.4 is 10.6 Å². The lowest BCUT2D eigenvalue weighted by Crippen LogP contribution is -2.61. The minimum atomic E-state index is -0.867. The van der Waals surface area contributed by atoms with E-state index in [2.05, 4.69) is 15.5 Å². The van der Waals surface area contributed by atoms with Gasteiger partial charge < -0.3 is 30.0 Å². The fraction of sp³-hybridized carbons (Fsp3) is 0.605. The van der Waals surface area contributed by atoms with Crippen molar-refractivity contribution in [2.75, 3.05) is 6.54 Å². The summed E-state index contributed by atoms with van der Waals surface area (Å²) in [5.74, 6) is -0.173. The molecule has 2 aliphatic heterocycles. The highest BCUT2D eigenvalue weighted by Gasteiger charge is 2.44. The Balaban J connectivity index is 1.35. The van der Waals surface area contributed by atoms with Crippen molar-refractivity contribution in [2.24, 2.45) is 5.92 Å². The van der Waals surface area contributed by atoms with Crippen molar-refractivity contribution in [1.82, 2.24) is 15.5 Å². The molecule has 5 rings (SSSR count). The van der Waals surface area contributed by atoms with Crippen molar-refractivity contribution in [3.63, 3.8) is 0 Å². The number of ether oxygens (including phenoxy) is 3. The number of likely N-dealkylation sites (tertiary alicyclic amines) is 1. The summed E-state index contributed by atoms with van der Waals surface area (Å²) >= 11 is 0. The van der Waals surface area contributed by atoms with Crippen molar-refractivity contribution in [3.8, 4) is 0 Å². The van der Waals surface area contributed by atoms with Crippen LogP contribution in [0.15, 0.2) is 48.5 Å². The Hall–Kier alpha value is -3.31. The van der Waals surface area contributed by atoms with E-state index in [0.717, 1.165) is 41.5 Å². The molecule has 7 unspecified atom stereocenters. The number of aliphatic hydroxyl groups excluding tert-OH is 1. The van der Waals surface area contributed by atoms with E-state index in [4.69, 9.17) is 14.2 Å². The van der Waals surface area contributed by atoms with Gasteiger partial charge in [-0.25, -0.2) is 0 Å². The van der Waals surface area contributed by atoms with E-state index in [-0.39, 0.29) is 48.8 Å². The molecule has 3 N–H and O–H groups in total. The number of fused-ring (bicyclic) bond motifs is 1. The van der Waals surface area contributed by atoms with Crippen LogP contribution in [-0.4, -0.2) is 64.2 Å². The average Bonchev–Trinajstić information content (AvgIpc) is 3.06. The predicted molar refractivity (Wildman–Crippen MR) is 181 cm³/mol. The summed E-state index contributed by atoms with van der Waals surface area (Å²) < 4.78 is 18.3. The van der Waals surface area contributed by atoms with Gasteiger partial charge in [-0.05, 0) is 76.0 Å². The zero-order valence-corrected chi connectivity index (χ0v) is 29.1. The highest BCUT2D eigenvalue weighted by molar-refractivity contribution is 5.83. The molecule has 3 aliphatic rings. The highest BCUT2D eigenvalue weighted by Crippen LogP contribution is 2.42. The van der Waals surface area contributed by atoms with Crippen LogP contribution in [0.5, 0.6) is 0 Å². The minimum absolute atomic E-state index is 0.0227. The third kappa shape index (κ3) is 9.43. The topological polar surface area (TPSA) is 126 Å². The van der Waals surface area contributed by atoms with E-state index in [9.17, 15) is 19.5 Å². The molecule has 0 bridgehead atoms. The minimum Gasteiger partial charge on any atom is -0.453 e. The fourth-order valence-corrected chi connectivity index (χ4v) is 7.42. The number of piperidine rings is 1. The molecule has 2 heterocycles. The van der Waals surface area contributed by atoms with Gasteiger partial charge in [0, 0.05) is 43.6 Å². The molecule has 0 radical (unpaired) electrons. The first-order chi connectivity index (χ1) is 22.9. The van der Waals surface area contributed by atoms with Gasteiger partial charge in [0.2, 0.25) is 5.91 Å². The first kappa shape index (κ1) is 36.0. The first-order valence-corrected chi connectivity index (χ1v) is 17.5. The molecule has 2 amide bonds. The van der Waals surface area contributed by atoms with Gasteiger partial charge in [-0.1, -0.05) is 61.4 Å². The molecule has 10 heteroatoms. The van der Waals surface area contributed by atoms with Crippen molar-refractivity contribution >= 4 is 17.8 Å². The normalized spacial score (nSPS) is 27.0. The van der Waals surface area contributed by atoms with Crippen LogP contribution in [-0.2, 0) is 41.7 Å². The zero-order chi connectivity index (χ0) is 34.4. The maximum absolute atomic E-state index is 13.7. The van der Waals surface area contributed by atoms with Gasteiger partial charge in [0.15, 0.2) is 12.4 Å². The summed E-state index contributed by atoms with van der Waals surface area (Å²) in [5.41, 5.74) is 3.29. The van der Waals surface area contributed by atoms with E-state index in [1.54, 1.807) is 6.92 Å². The molecule has 1 aliphatic carbocycles. The van der Waals surface area contributed by atoms with Gasteiger partial charge in [-0.2, -0.15) is 0 Å². The zero-order valence-electron chi connectivity index (χ0n) is 29.1. The Morgan fingerprint density at radius 3 is 2.27 bits per heavy atom. The lowest BCUT2D eigenvalue weighted by molar-refractivity contribution is -0.255. The molecular weight excluding hydrogens is 610 g/mol. The van der Waals surface area contributed by atoms with Gasteiger partial charge in [-0.3, -0.25) is 19.3 Å². The number of carbonyl (C=O) groups excluding carboxylic acids is 3. The van der Waals surface area contributed by atoms with Crippen molar-refractivity contribution in [2.45, 2.75) is 135 Å². The molecule has 7 atom stereocenters. The molecule has 262 valence electrons. The van der Waals surface area contributed by atoms with E-state index >= 15 is 0 Å². The standard InChI is InChI=1S/C38H53N3O7/c1-24(46-25(2)43)35(44)39-21-26-10-16-30(17-11-26)37-47-31(20-34(48-37)29-14-12-27(23-42)13-15-29)22-41-32-9-7-6-8-28(32)18-19-33(41)36(45)40-38(3,4)5/h10-17,24,28,31-34,37,42H,6-9,18-23H2,1-5H3,(H,39,44)(H,40,45). The van der Waals surface area contributed by atoms with E-state index < -0.39 is 18.4 Å². The molecule has 1 saturated carbocycles. The summed E-state index contributed by atoms with van der Waals surface area (Å²) in [6, 6.07) is 15.8. The average molecular weight is 664 g/mol. The lowest BCUT2D eigenvalue weighted by Gasteiger charge is -2.50. The molecule has 3 fully saturated rings. The second-order valence-corrected chi connectivity index (χ2v) is 14.7.